The van der Waals surface area contributed by atoms with Gasteiger partial charge in [0.15, 0.2) is 0 Å². The smallest absolute Gasteiger partial charge is 0.311 e. The number of nitrogens with zero attached hydrogens (tertiary/aromatic N) is 1. The highest BCUT2D eigenvalue weighted by Crippen LogP contribution is 2.31. The van der Waals surface area contributed by atoms with E-state index < -0.39 is 0 Å². The number of carbonyl (C=O) groups excluding carboxylic acids is 1. The highest BCUT2D eigenvalue weighted by Gasteiger charge is 2.15. The Morgan fingerprint density at radius 1 is 0.839 bits per heavy atom. The van der Waals surface area contributed by atoms with E-state index in [0.717, 1.165) is 34.2 Å². The molecule has 31 heavy (non-hydrogen) atoms. The molecular weight excluding hydrogens is 384 g/mol. The number of aromatic amines is 1. The Labute approximate surface area is 180 Å². The molecule has 0 aliphatic carbocycles. The molecule has 0 atom stereocenters. The predicted molar refractivity (Wildman–Crippen MR) is 124 cm³/mol. The number of nitrogens with one attached hydrogen (secondary N) is 1. The van der Waals surface area contributed by atoms with E-state index >= 15 is 0 Å². The molecule has 0 saturated carbocycles. The van der Waals surface area contributed by atoms with Crippen LogP contribution in [-0.4, -0.2) is 15.9 Å². The van der Waals surface area contributed by atoms with Crippen LogP contribution in [0.25, 0.3) is 33.2 Å². The van der Waals surface area contributed by atoms with Crippen LogP contribution < -0.4 is 4.74 Å². The van der Waals surface area contributed by atoms with Crippen molar-refractivity contribution in [2.45, 2.75) is 19.3 Å². The van der Waals surface area contributed by atoms with Crippen molar-refractivity contribution < 1.29 is 9.53 Å². The quantitative estimate of drug-likeness (QED) is 0.265. The zero-order valence-electron chi connectivity index (χ0n) is 17.0. The lowest BCUT2D eigenvalue weighted by molar-refractivity contribution is -0.134. The van der Waals surface area contributed by atoms with Gasteiger partial charge in [-0.3, -0.25) is 4.79 Å². The number of ether oxygens (including phenoxy) is 1. The van der Waals surface area contributed by atoms with Crippen molar-refractivity contribution in [3.63, 3.8) is 0 Å². The summed E-state index contributed by atoms with van der Waals surface area (Å²) >= 11 is 0. The van der Waals surface area contributed by atoms with Crippen molar-refractivity contribution in [2.75, 3.05) is 0 Å². The summed E-state index contributed by atoms with van der Waals surface area (Å²) in [6, 6.07) is 29.7. The third-order valence-corrected chi connectivity index (χ3v) is 5.45. The number of aromatic nitrogens is 2. The number of benzene rings is 3. The van der Waals surface area contributed by atoms with Gasteiger partial charge in [-0.2, -0.15) is 0 Å². The molecule has 0 saturated heterocycles. The highest BCUT2D eigenvalue weighted by atomic mass is 16.5. The largest absolute Gasteiger partial charge is 0.427 e. The van der Waals surface area contributed by atoms with E-state index in [-0.39, 0.29) is 5.97 Å². The van der Waals surface area contributed by atoms with Crippen LogP contribution in [0.4, 0.5) is 0 Å². The van der Waals surface area contributed by atoms with Crippen LogP contribution in [0.2, 0.25) is 0 Å². The number of hydrogen-bond acceptors (Lipinski definition) is 3. The number of H-pyrrole nitrogens is 1. The van der Waals surface area contributed by atoms with E-state index in [4.69, 9.17) is 9.72 Å². The second-order valence-corrected chi connectivity index (χ2v) is 7.55. The van der Waals surface area contributed by atoms with Crippen LogP contribution in [0.3, 0.4) is 0 Å². The number of pyridine rings is 1. The fraction of sp³-hybridized carbons (Fsp3) is 0.111. The maximum Gasteiger partial charge on any atom is 0.311 e. The molecule has 0 radical (unpaired) electrons. The fourth-order valence-corrected chi connectivity index (χ4v) is 3.96. The summed E-state index contributed by atoms with van der Waals surface area (Å²) in [6.45, 7) is 0. The molecule has 4 heteroatoms. The lowest BCUT2D eigenvalue weighted by Crippen LogP contribution is -2.08. The molecule has 5 rings (SSSR count). The second-order valence-electron chi connectivity index (χ2n) is 7.55. The minimum Gasteiger partial charge on any atom is -0.427 e. The van der Waals surface area contributed by atoms with Gasteiger partial charge in [-0.05, 0) is 48.7 Å². The zero-order chi connectivity index (χ0) is 21.0. The molecular formula is C27H22N2O2. The van der Waals surface area contributed by atoms with Crippen LogP contribution >= 0.6 is 0 Å². The van der Waals surface area contributed by atoms with Gasteiger partial charge in [0.25, 0.3) is 0 Å². The minimum atomic E-state index is -0.212. The van der Waals surface area contributed by atoms with Crippen LogP contribution in [0, 0.1) is 0 Å². The predicted octanol–water partition coefficient (Wildman–Crippen LogP) is 6.31. The first-order valence-electron chi connectivity index (χ1n) is 10.5. The Morgan fingerprint density at radius 2 is 1.61 bits per heavy atom. The summed E-state index contributed by atoms with van der Waals surface area (Å²) in [6.07, 6.45) is 1.82. The van der Waals surface area contributed by atoms with Crippen molar-refractivity contribution >= 4 is 27.8 Å². The third-order valence-electron chi connectivity index (χ3n) is 5.45. The number of aryl methyl sites for hydroxylation is 1. The highest BCUT2D eigenvalue weighted by molar-refractivity contribution is 5.91. The molecule has 1 N–H and O–H groups in total. The van der Waals surface area contributed by atoms with E-state index in [2.05, 4.69) is 35.3 Å². The normalized spacial score (nSPS) is 11.1. The van der Waals surface area contributed by atoms with Gasteiger partial charge in [0.1, 0.15) is 5.75 Å². The van der Waals surface area contributed by atoms with Crippen molar-refractivity contribution in [1.82, 2.24) is 9.97 Å². The van der Waals surface area contributed by atoms with Crippen LogP contribution in [-0.2, 0) is 11.2 Å². The molecule has 3 aromatic carbocycles. The summed E-state index contributed by atoms with van der Waals surface area (Å²) in [4.78, 5) is 20.7. The van der Waals surface area contributed by atoms with Crippen molar-refractivity contribution in [1.29, 1.82) is 0 Å². The van der Waals surface area contributed by atoms with E-state index in [0.29, 0.717) is 18.6 Å². The van der Waals surface area contributed by atoms with Gasteiger partial charge in [-0.1, -0.05) is 60.7 Å². The van der Waals surface area contributed by atoms with Crippen LogP contribution in [0.5, 0.6) is 5.75 Å². The Kier molecular flexibility index (Phi) is 5.19. The Bertz CT molecular complexity index is 1360. The minimum absolute atomic E-state index is 0.212. The SMILES string of the molecule is O=C(CCCc1c(-c2ccc3ccccc3n2)[nH]c2ccccc12)Oc1ccccc1. The fourth-order valence-electron chi connectivity index (χ4n) is 3.96. The summed E-state index contributed by atoms with van der Waals surface area (Å²) < 4.78 is 5.43. The molecule has 0 fully saturated rings. The van der Waals surface area contributed by atoms with Gasteiger partial charge in [0.2, 0.25) is 0 Å². The van der Waals surface area contributed by atoms with Crippen LogP contribution in [0.1, 0.15) is 18.4 Å². The first kappa shape index (κ1) is 19.1. The zero-order valence-corrected chi connectivity index (χ0v) is 17.0. The van der Waals surface area contributed by atoms with Crippen molar-refractivity contribution in [2.24, 2.45) is 0 Å². The maximum absolute atomic E-state index is 12.3. The molecule has 0 spiro atoms. The number of fused-ring (bicyclic) bond motifs is 2. The van der Waals surface area contributed by atoms with Gasteiger partial charge in [-0.25, -0.2) is 4.98 Å². The molecule has 2 heterocycles. The molecule has 0 aliphatic heterocycles. The lowest BCUT2D eigenvalue weighted by Gasteiger charge is -2.07. The summed E-state index contributed by atoms with van der Waals surface area (Å²) in [5.41, 5.74) is 5.16. The molecule has 5 aromatic rings. The Morgan fingerprint density at radius 3 is 2.52 bits per heavy atom. The summed E-state index contributed by atoms with van der Waals surface area (Å²) in [7, 11) is 0. The molecule has 0 bridgehead atoms. The van der Waals surface area contributed by atoms with Crippen molar-refractivity contribution in [3.05, 3.63) is 96.6 Å². The first-order valence-corrected chi connectivity index (χ1v) is 10.5. The molecule has 2 aromatic heterocycles. The van der Waals surface area contributed by atoms with Gasteiger partial charge < -0.3 is 9.72 Å². The number of para-hydroxylation sites is 3. The third kappa shape index (κ3) is 4.05. The topological polar surface area (TPSA) is 55.0 Å². The lowest BCUT2D eigenvalue weighted by atomic mass is 10.0. The molecule has 152 valence electrons. The van der Waals surface area contributed by atoms with Gasteiger partial charge in [0, 0.05) is 22.7 Å². The van der Waals surface area contributed by atoms with E-state index in [1.54, 1.807) is 12.1 Å². The Balaban J connectivity index is 1.40. The van der Waals surface area contributed by atoms with E-state index in [1.165, 1.54) is 10.9 Å². The summed E-state index contributed by atoms with van der Waals surface area (Å²) in [5.74, 6) is 0.372. The standard InChI is InChI=1S/C27H22N2O2/c30-26(31-20-10-2-1-3-11-20)16-8-13-22-21-12-5-7-15-24(21)29-27(22)25-18-17-19-9-4-6-14-23(19)28-25/h1-7,9-12,14-15,17-18,29H,8,13,16H2. The van der Waals surface area contributed by atoms with Crippen LogP contribution in [0.15, 0.2) is 91.0 Å². The Hall–Kier alpha value is -3.92. The average Bonchev–Trinajstić information content (AvgIpc) is 3.18. The van der Waals surface area contributed by atoms with Crippen molar-refractivity contribution in [3.8, 4) is 17.1 Å². The van der Waals surface area contributed by atoms with Gasteiger partial charge in [0.05, 0.1) is 16.9 Å². The number of esters is 1. The van der Waals surface area contributed by atoms with Gasteiger partial charge >= 0.3 is 5.97 Å². The summed E-state index contributed by atoms with van der Waals surface area (Å²) in [5, 5.41) is 2.29. The number of carbonyl (C=O) groups is 1. The van der Waals surface area contributed by atoms with E-state index in [1.807, 2.05) is 48.5 Å². The first-order chi connectivity index (χ1) is 15.3. The molecule has 0 amide bonds. The second kappa shape index (κ2) is 8.44. The van der Waals surface area contributed by atoms with Gasteiger partial charge in [-0.15, -0.1) is 0 Å². The van der Waals surface area contributed by atoms with E-state index in [9.17, 15) is 4.79 Å². The average molecular weight is 406 g/mol. The number of rotatable bonds is 6. The maximum atomic E-state index is 12.3. The molecule has 0 aliphatic rings. The molecule has 4 nitrogen and oxygen atoms in total. The monoisotopic (exact) mass is 406 g/mol. The number of hydrogen-bond donors (Lipinski definition) is 1. The molecule has 0 unspecified atom stereocenters.